The van der Waals surface area contributed by atoms with Gasteiger partial charge in [-0.15, -0.1) is 0 Å². The highest BCUT2D eigenvalue weighted by Crippen LogP contribution is 2.24. The summed E-state index contributed by atoms with van der Waals surface area (Å²) in [7, 11) is 0. The maximum atomic E-state index is 11.9. The number of aromatic carboxylic acids is 1. The van der Waals surface area contributed by atoms with E-state index in [-0.39, 0.29) is 23.2 Å². The van der Waals surface area contributed by atoms with E-state index in [1.54, 1.807) is 0 Å². The molecular formula is C12H13ClN2O4. The molecule has 0 aliphatic carbocycles. The van der Waals surface area contributed by atoms with Crippen molar-refractivity contribution in [1.82, 2.24) is 4.90 Å². The summed E-state index contributed by atoms with van der Waals surface area (Å²) < 4.78 is 0. The van der Waals surface area contributed by atoms with Gasteiger partial charge in [-0.3, -0.25) is 0 Å². The van der Waals surface area contributed by atoms with Crippen LogP contribution in [0.2, 0.25) is 5.02 Å². The number of aliphatic hydroxyl groups is 1. The molecule has 6 nitrogen and oxygen atoms in total. The van der Waals surface area contributed by atoms with Gasteiger partial charge in [0.25, 0.3) is 0 Å². The summed E-state index contributed by atoms with van der Waals surface area (Å²) in [6.07, 6.45) is 0.0645. The maximum Gasteiger partial charge on any atom is 0.335 e. The molecule has 102 valence electrons. The van der Waals surface area contributed by atoms with Gasteiger partial charge in [-0.25, -0.2) is 9.59 Å². The number of carbonyl (C=O) groups excluding carboxylic acids is 1. The number of β-amino-alcohol motifs (C(OH)–C–C–N with tert-alkyl or cyclic N) is 1. The molecule has 1 unspecified atom stereocenters. The van der Waals surface area contributed by atoms with Crippen molar-refractivity contribution in [3.8, 4) is 0 Å². The molecular weight excluding hydrogens is 272 g/mol. The first-order valence-electron chi connectivity index (χ1n) is 5.74. The van der Waals surface area contributed by atoms with Gasteiger partial charge >= 0.3 is 12.0 Å². The van der Waals surface area contributed by atoms with E-state index in [4.69, 9.17) is 16.7 Å². The van der Waals surface area contributed by atoms with Crippen LogP contribution >= 0.6 is 11.6 Å². The molecule has 0 saturated carbocycles. The Morgan fingerprint density at radius 1 is 1.42 bits per heavy atom. The van der Waals surface area contributed by atoms with E-state index in [0.29, 0.717) is 18.7 Å². The number of benzene rings is 1. The number of rotatable bonds is 2. The molecule has 2 amide bonds. The largest absolute Gasteiger partial charge is 0.478 e. The molecule has 1 aliphatic heterocycles. The zero-order chi connectivity index (χ0) is 14.0. The molecule has 1 fully saturated rings. The molecule has 0 radical (unpaired) electrons. The number of carboxylic acid groups (broad SMARTS) is 1. The Morgan fingerprint density at radius 2 is 2.16 bits per heavy atom. The Hall–Kier alpha value is -1.79. The third-order valence-electron chi connectivity index (χ3n) is 2.91. The summed E-state index contributed by atoms with van der Waals surface area (Å²) in [5.41, 5.74) is 0.401. The van der Waals surface area contributed by atoms with E-state index < -0.39 is 12.1 Å². The number of anilines is 1. The standard InChI is InChI=1S/C12H13ClN2O4/c13-9-5-7(11(17)18)1-2-10(9)14-12(19)15-4-3-8(16)6-15/h1-2,5,8,16H,3-4,6H2,(H,14,19)(H,17,18). The van der Waals surface area contributed by atoms with Crippen LogP contribution in [0, 0.1) is 0 Å². The van der Waals surface area contributed by atoms with Crippen molar-refractivity contribution in [3.05, 3.63) is 28.8 Å². The first kappa shape index (κ1) is 13.6. The summed E-state index contributed by atoms with van der Waals surface area (Å²) in [6, 6.07) is 3.72. The van der Waals surface area contributed by atoms with Crippen molar-refractivity contribution in [2.45, 2.75) is 12.5 Å². The fourth-order valence-electron chi connectivity index (χ4n) is 1.87. The first-order valence-corrected chi connectivity index (χ1v) is 6.12. The number of likely N-dealkylation sites (tertiary alicyclic amines) is 1. The van der Waals surface area contributed by atoms with Crippen molar-refractivity contribution < 1.29 is 19.8 Å². The van der Waals surface area contributed by atoms with Crippen LogP contribution in [0.25, 0.3) is 0 Å². The number of hydrogen-bond donors (Lipinski definition) is 3. The maximum absolute atomic E-state index is 11.9. The van der Waals surface area contributed by atoms with Gasteiger partial charge in [-0.2, -0.15) is 0 Å². The second-order valence-corrected chi connectivity index (χ2v) is 4.73. The summed E-state index contributed by atoms with van der Waals surface area (Å²) in [4.78, 5) is 24.1. The Morgan fingerprint density at radius 3 is 2.68 bits per heavy atom. The molecule has 1 atom stereocenters. The monoisotopic (exact) mass is 284 g/mol. The number of hydrogen-bond acceptors (Lipinski definition) is 3. The number of halogens is 1. The normalized spacial score (nSPS) is 18.4. The van der Waals surface area contributed by atoms with Crippen molar-refractivity contribution in [2.24, 2.45) is 0 Å². The summed E-state index contributed by atoms with van der Waals surface area (Å²) >= 11 is 5.91. The van der Waals surface area contributed by atoms with Crippen molar-refractivity contribution in [2.75, 3.05) is 18.4 Å². The quantitative estimate of drug-likeness (QED) is 0.770. The summed E-state index contributed by atoms with van der Waals surface area (Å²) in [6.45, 7) is 0.772. The number of urea groups is 1. The molecule has 1 saturated heterocycles. The fraction of sp³-hybridized carbons (Fsp3) is 0.333. The van der Waals surface area contributed by atoms with E-state index in [1.165, 1.54) is 23.1 Å². The SMILES string of the molecule is O=C(O)c1ccc(NC(=O)N2CCC(O)C2)c(Cl)c1. The van der Waals surface area contributed by atoms with Gasteiger partial charge < -0.3 is 20.4 Å². The number of amides is 2. The van der Waals surface area contributed by atoms with E-state index in [2.05, 4.69) is 5.32 Å². The molecule has 3 N–H and O–H groups in total. The lowest BCUT2D eigenvalue weighted by Gasteiger charge is -2.17. The second-order valence-electron chi connectivity index (χ2n) is 4.32. The average molecular weight is 285 g/mol. The van der Waals surface area contributed by atoms with Gasteiger partial charge in [0.05, 0.1) is 22.4 Å². The Labute approximate surface area is 114 Å². The second kappa shape index (κ2) is 5.46. The van der Waals surface area contributed by atoms with Crippen LogP contribution in [-0.4, -0.2) is 46.3 Å². The first-order chi connectivity index (χ1) is 8.97. The lowest BCUT2D eigenvalue weighted by atomic mass is 10.2. The molecule has 1 aromatic carbocycles. The lowest BCUT2D eigenvalue weighted by Crippen LogP contribution is -2.33. The molecule has 0 spiro atoms. The third kappa shape index (κ3) is 3.15. The van der Waals surface area contributed by atoms with E-state index in [0.717, 1.165) is 0 Å². The minimum absolute atomic E-state index is 0.0552. The average Bonchev–Trinajstić information content (AvgIpc) is 2.78. The zero-order valence-corrected chi connectivity index (χ0v) is 10.7. The number of carboxylic acids is 1. The fourth-order valence-corrected chi connectivity index (χ4v) is 2.10. The van der Waals surface area contributed by atoms with Crippen LogP contribution in [0.5, 0.6) is 0 Å². The molecule has 2 rings (SSSR count). The number of nitrogens with zero attached hydrogens (tertiary/aromatic N) is 1. The van der Waals surface area contributed by atoms with Crippen molar-refractivity contribution in [3.63, 3.8) is 0 Å². The molecule has 1 heterocycles. The van der Waals surface area contributed by atoms with Crippen LogP contribution in [0.4, 0.5) is 10.5 Å². The molecule has 1 aliphatic rings. The van der Waals surface area contributed by atoms with Crippen LogP contribution in [0.15, 0.2) is 18.2 Å². The minimum Gasteiger partial charge on any atom is -0.478 e. The van der Waals surface area contributed by atoms with Gasteiger partial charge in [-0.1, -0.05) is 11.6 Å². The minimum atomic E-state index is -1.08. The van der Waals surface area contributed by atoms with Gasteiger partial charge in [0, 0.05) is 13.1 Å². The van der Waals surface area contributed by atoms with Gasteiger partial charge in [0.2, 0.25) is 0 Å². The third-order valence-corrected chi connectivity index (χ3v) is 3.22. The van der Waals surface area contributed by atoms with Crippen LogP contribution in [0.1, 0.15) is 16.8 Å². The van der Waals surface area contributed by atoms with Gasteiger partial charge in [0.15, 0.2) is 0 Å². The van der Waals surface area contributed by atoms with Crippen LogP contribution in [-0.2, 0) is 0 Å². The van der Waals surface area contributed by atoms with E-state index >= 15 is 0 Å². The molecule has 0 aromatic heterocycles. The topological polar surface area (TPSA) is 89.9 Å². The van der Waals surface area contributed by atoms with E-state index in [1.807, 2.05) is 0 Å². The zero-order valence-electron chi connectivity index (χ0n) is 9.97. The number of nitrogens with one attached hydrogen (secondary N) is 1. The summed E-state index contributed by atoms with van der Waals surface area (Å²) in [5, 5.41) is 20.9. The van der Waals surface area contributed by atoms with Gasteiger partial charge in [-0.05, 0) is 24.6 Å². The lowest BCUT2D eigenvalue weighted by molar-refractivity contribution is 0.0697. The van der Waals surface area contributed by atoms with Crippen LogP contribution < -0.4 is 5.32 Å². The Balaban J connectivity index is 2.07. The number of carbonyl (C=O) groups is 2. The van der Waals surface area contributed by atoms with Crippen LogP contribution in [0.3, 0.4) is 0 Å². The highest BCUT2D eigenvalue weighted by molar-refractivity contribution is 6.34. The predicted octanol–water partition coefficient (Wildman–Crippen LogP) is 1.64. The predicted molar refractivity (Wildman–Crippen MR) is 69.6 cm³/mol. The number of aliphatic hydroxyl groups excluding tert-OH is 1. The van der Waals surface area contributed by atoms with E-state index in [9.17, 15) is 14.7 Å². The Kier molecular flexibility index (Phi) is 3.92. The molecule has 1 aromatic rings. The van der Waals surface area contributed by atoms with Crippen molar-refractivity contribution >= 4 is 29.3 Å². The molecule has 19 heavy (non-hydrogen) atoms. The summed E-state index contributed by atoms with van der Waals surface area (Å²) in [5.74, 6) is -1.08. The highest BCUT2D eigenvalue weighted by atomic mass is 35.5. The molecule has 7 heteroatoms. The highest BCUT2D eigenvalue weighted by Gasteiger charge is 2.24. The Bertz CT molecular complexity index is 520. The molecule has 0 bridgehead atoms. The van der Waals surface area contributed by atoms with Gasteiger partial charge in [0.1, 0.15) is 0 Å². The van der Waals surface area contributed by atoms with Crippen molar-refractivity contribution in [1.29, 1.82) is 0 Å². The smallest absolute Gasteiger partial charge is 0.335 e.